The van der Waals surface area contributed by atoms with Gasteiger partial charge in [-0.25, -0.2) is 17.1 Å². The van der Waals surface area contributed by atoms with Gasteiger partial charge in [-0.05, 0) is 37.6 Å². The number of rotatable bonds is 4. The molecule has 1 heterocycles. The smallest absolute Gasteiger partial charge is 0.218 e. The molecule has 0 unspecified atom stereocenters. The molecule has 0 saturated carbocycles. The topological polar surface area (TPSA) is 49.4 Å². The molecule has 8 heteroatoms. The fourth-order valence-corrected chi connectivity index (χ4v) is 4.11. The van der Waals surface area contributed by atoms with Crippen molar-refractivity contribution in [3.8, 4) is 0 Å². The molecule has 4 nitrogen and oxygen atoms in total. The van der Waals surface area contributed by atoms with Crippen LogP contribution >= 0.6 is 24.0 Å². The second kappa shape index (κ2) is 7.74. The maximum Gasteiger partial charge on any atom is 0.218 e. The van der Waals surface area contributed by atoms with Crippen LogP contribution in [0.2, 0.25) is 5.02 Å². The summed E-state index contributed by atoms with van der Waals surface area (Å²) in [5.41, 5.74) is 0.507. The van der Waals surface area contributed by atoms with Crippen LogP contribution < -0.4 is 5.32 Å². The standard InChI is InChI=1S/C13H18ClFN2O2S.ClH/c1-16-11-4-6-17(7-5-11)20(18,19)9-10-2-3-13(15)12(14)8-10;/h2-3,8,11,16H,4-7,9H2,1H3;1H. The highest BCUT2D eigenvalue weighted by Crippen LogP contribution is 2.21. The molecule has 2 rings (SSSR count). The molecular formula is C13H19Cl2FN2O2S. The van der Waals surface area contributed by atoms with E-state index in [1.807, 2.05) is 7.05 Å². The van der Waals surface area contributed by atoms with Crippen LogP contribution in [-0.4, -0.2) is 38.9 Å². The zero-order valence-corrected chi connectivity index (χ0v) is 14.1. The number of hydrogen-bond donors (Lipinski definition) is 1. The Kier molecular flexibility index (Phi) is 6.87. The van der Waals surface area contributed by atoms with E-state index in [2.05, 4.69) is 5.32 Å². The summed E-state index contributed by atoms with van der Waals surface area (Å²) >= 11 is 5.67. The van der Waals surface area contributed by atoms with Gasteiger partial charge in [0, 0.05) is 19.1 Å². The third-order valence-electron chi connectivity index (χ3n) is 3.59. The van der Waals surface area contributed by atoms with Crippen molar-refractivity contribution in [2.45, 2.75) is 24.6 Å². The summed E-state index contributed by atoms with van der Waals surface area (Å²) in [6.45, 7) is 1.03. The molecule has 1 aliphatic rings. The average molecular weight is 357 g/mol. The van der Waals surface area contributed by atoms with Gasteiger partial charge in [0.15, 0.2) is 0 Å². The first-order chi connectivity index (χ1) is 9.42. The van der Waals surface area contributed by atoms with Crippen molar-refractivity contribution in [1.29, 1.82) is 0 Å². The molecule has 1 aromatic carbocycles. The highest BCUT2D eigenvalue weighted by Gasteiger charge is 2.27. The molecule has 0 amide bonds. The molecule has 120 valence electrons. The van der Waals surface area contributed by atoms with Gasteiger partial charge in [-0.15, -0.1) is 12.4 Å². The summed E-state index contributed by atoms with van der Waals surface area (Å²) in [6.07, 6.45) is 1.61. The van der Waals surface area contributed by atoms with Crippen LogP contribution in [-0.2, 0) is 15.8 Å². The predicted molar refractivity (Wildman–Crippen MR) is 84.9 cm³/mol. The lowest BCUT2D eigenvalue weighted by molar-refractivity contribution is 0.298. The molecule has 0 atom stereocenters. The first kappa shape index (κ1) is 18.6. The molecule has 1 aromatic rings. The molecular weight excluding hydrogens is 338 g/mol. The van der Waals surface area contributed by atoms with Gasteiger partial charge >= 0.3 is 0 Å². The molecule has 21 heavy (non-hydrogen) atoms. The van der Waals surface area contributed by atoms with Gasteiger partial charge in [-0.1, -0.05) is 17.7 Å². The molecule has 0 spiro atoms. The average Bonchev–Trinajstić information content (AvgIpc) is 2.43. The van der Waals surface area contributed by atoms with Crippen molar-refractivity contribution in [1.82, 2.24) is 9.62 Å². The van der Waals surface area contributed by atoms with E-state index in [0.717, 1.165) is 12.8 Å². The third-order valence-corrected chi connectivity index (χ3v) is 5.73. The summed E-state index contributed by atoms with van der Waals surface area (Å²) in [5.74, 6) is -0.681. The minimum atomic E-state index is -3.37. The minimum Gasteiger partial charge on any atom is -0.317 e. The lowest BCUT2D eigenvalue weighted by Gasteiger charge is -2.31. The van der Waals surface area contributed by atoms with Crippen LogP contribution in [0.4, 0.5) is 4.39 Å². The van der Waals surface area contributed by atoms with Gasteiger partial charge in [-0.3, -0.25) is 0 Å². The van der Waals surface area contributed by atoms with Crippen LogP contribution in [0.1, 0.15) is 18.4 Å². The quantitative estimate of drug-likeness (QED) is 0.901. The Labute approximate surface area is 136 Å². The largest absolute Gasteiger partial charge is 0.317 e. The Balaban J connectivity index is 0.00000220. The Morgan fingerprint density at radius 2 is 2.00 bits per heavy atom. The Bertz CT molecular complexity index is 576. The predicted octanol–water partition coefficient (Wildman–Crippen LogP) is 2.41. The summed E-state index contributed by atoms with van der Waals surface area (Å²) in [7, 11) is -1.49. The van der Waals surface area contributed by atoms with Crippen molar-refractivity contribution in [2.75, 3.05) is 20.1 Å². The van der Waals surface area contributed by atoms with Gasteiger partial charge in [0.05, 0.1) is 10.8 Å². The number of nitrogens with zero attached hydrogens (tertiary/aromatic N) is 1. The first-order valence-electron chi connectivity index (χ1n) is 6.51. The van der Waals surface area contributed by atoms with Crippen molar-refractivity contribution in [3.63, 3.8) is 0 Å². The Morgan fingerprint density at radius 3 is 2.52 bits per heavy atom. The van der Waals surface area contributed by atoms with E-state index in [0.29, 0.717) is 24.7 Å². The van der Waals surface area contributed by atoms with Crippen molar-refractivity contribution in [2.24, 2.45) is 0 Å². The Hall–Kier alpha value is -0.400. The van der Waals surface area contributed by atoms with Crippen LogP contribution in [0.3, 0.4) is 0 Å². The second-order valence-electron chi connectivity index (χ2n) is 4.97. The molecule has 1 N–H and O–H groups in total. The summed E-state index contributed by atoms with van der Waals surface area (Å²) in [4.78, 5) is 0. The molecule has 1 fully saturated rings. The second-order valence-corrected chi connectivity index (χ2v) is 7.34. The number of sulfonamides is 1. The number of benzene rings is 1. The lowest BCUT2D eigenvalue weighted by Crippen LogP contribution is -2.44. The fraction of sp³-hybridized carbons (Fsp3) is 0.538. The van der Waals surface area contributed by atoms with E-state index in [9.17, 15) is 12.8 Å². The lowest BCUT2D eigenvalue weighted by atomic mass is 10.1. The SMILES string of the molecule is CNC1CCN(S(=O)(=O)Cc2ccc(F)c(Cl)c2)CC1.Cl. The van der Waals surface area contributed by atoms with Gasteiger partial charge in [-0.2, -0.15) is 0 Å². The molecule has 0 radical (unpaired) electrons. The van der Waals surface area contributed by atoms with Crippen LogP contribution in [0.15, 0.2) is 18.2 Å². The van der Waals surface area contributed by atoms with Gasteiger partial charge in [0.25, 0.3) is 0 Å². The number of halogens is 3. The van der Waals surface area contributed by atoms with Gasteiger partial charge in [0.2, 0.25) is 10.0 Å². The maximum atomic E-state index is 13.1. The summed E-state index contributed by atoms with van der Waals surface area (Å²) in [5, 5.41) is 3.11. The molecule has 0 aromatic heterocycles. The normalized spacial score (nSPS) is 17.5. The number of hydrogen-bond acceptors (Lipinski definition) is 3. The Morgan fingerprint density at radius 1 is 1.38 bits per heavy atom. The van der Waals surface area contributed by atoms with E-state index in [4.69, 9.17) is 11.6 Å². The van der Waals surface area contributed by atoms with E-state index in [1.165, 1.54) is 22.5 Å². The van der Waals surface area contributed by atoms with Crippen molar-refractivity contribution in [3.05, 3.63) is 34.6 Å². The monoisotopic (exact) mass is 356 g/mol. The van der Waals surface area contributed by atoms with E-state index in [1.54, 1.807) is 0 Å². The minimum absolute atomic E-state index is 0. The van der Waals surface area contributed by atoms with E-state index >= 15 is 0 Å². The maximum absolute atomic E-state index is 13.1. The highest BCUT2D eigenvalue weighted by atomic mass is 35.5. The zero-order valence-electron chi connectivity index (χ0n) is 11.7. The van der Waals surface area contributed by atoms with Crippen LogP contribution in [0.25, 0.3) is 0 Å². The van der Waals surface area contributed by atoms with Gasteiger partial charge in [0.1, 0.15) is 5.82 Å². The first-order valence-corrected chi connectivity index (χ1v) is 8.50. The highest BCUT2D eigenvalue weighted by molar-refractivity contribution is 7.88. The zero-order chi connectivity index (χ0) is 14.8. The van der Waals surface area contributed by atoms with Gasteiger partial charge < -0.3 is 5.32 Å². The summed E-state index contributed by atoms with van der Waals surface area (Å²) < 4.78 is 39.2. The number of nitrogens with one attached hydrogen (secondary N) is 1. The van der Waals surface area contributed by atoms with Crippen LogP contribution in [0.5, 0.6) is 0 Å². The molecule has 1 saturated heterocycles. The fourth-order valence-electron chi connectivity index (χ4n) is 2.35. The molecule has 0 aliphatic carbocycles. The number of piperidine rings is 1. The molecule has 0 bridgehead atoms. The van der Waals surface area contributed by atoms with Crippen molar-refractivity contribution >= 4 is 34.0 Å². The third kappa shape index (κ3) is 4.79. The van der Waals surface area contributed by atoms with E-state index in [-0.39, 0.29) is 23.2 Å². The van der Waals surface area contributed by atoms with Crippen LogP contribution in [0, 0.1) is 5.82 Å². The van der Waals surface area contributed by atoms with E-state index < -0.39 is 15.8 Å². The molecule has 1 aliphatic heterocycles. The van der Waals surface area contributed by atoms with Crippen molar-refractivity contribution < 1.29 is 12.8 Å². The summed E-state index contributed by atoms with van der Waals surface area (Å²) in [6, 6.07) is 4.40.